The molecule has 1 heterocycles. The predicted molar refractivity (Wildman–Crippen MR) is 153 cm³/mol. The highest BCUT2D eigenvalue weighted by molar-refractivity contribution is 5.77. The number of nitrogens with zero attached hydrogens (tertiary/aromatic N) is 1. The van der Waals surface area contributed by atoms with E-state index in [9.17, 15) is 31.1 Å². The minimum atomic E-state index is -5.00. The van der Waals surface area contributed by atoms with Gasteiger partial charge in [0.15, 0.2) is 0 Å². The van der Waals surface area contributed by atoms with Crippen molar-refractivity contribution in [1.82, 2.24) is 4.90 Å². The average Bonchev–Trinajstić information content (AvgIpc) is 3.14. The normalized spacial score (nSPS) is 21.3. The molecule has 10 heteroatoms. The van der Waals surface area contributed by atoms with E-state index in [1.807, 2.05) is 12.1 Å². The quantitative estimate of drug-likeness (QED) is 0.305. The van der Waals surface area contributed by atoms with Crippen molar-refractivity contribution in [2.24, 2.45) is 10.8 Å². The van der Waals surface area contributed by atoms with E-state index in [2.05, 4.69) is 40.7 Å². The number of carbonyl (C=O) groups excluding carboxylic acids is 1. The summed E-state index contributed by atoms with van der Waals surface area (Å²) >= 11 is 0. The minimum absolute atomic E-state index is 0.0524. The highest BCUT2D eigenvalue weighted by atomic mass is 19.4. The predicted octanol–water partition coefficient (Wildman–Crippen LogP) is 9.87. The lowest BCUT2D eigenvalue weighted by Gasteiger charge is -2.36. The first-order valence-electron chi connectivity index (χ1n) is 14.3. The van der Waals surface area contributed by atoms with E-state index in [1.54, 1.807) is 14.0 Å². The topological polar surface area (TPSA) is 38.8 Å². The summed E-state index contributed by atoms with van der Waals surface area (Å²) in [4.78, 5) is 14.6. The van der Waals surface area contributed by atoms with Crippen molar-refractivity contribution >= 4 is 11.7 Å². The number of alkyl halides is 6. The molecule has 2 unspecified atom stereocenters. The first kappa shape index (κ1) is 32.7. The number of amides is 1. The summed E-state index contributed by atoms with van der Waals surface area (Å²) in [5.41, 5.74) is 0.806. The van der Waals surface area contributed by atoms with E-state index in [0.29, 0.717) is 24.3 Å². The van der Waals surface area contributed by atoms with Crippen LogP contribution in [0.2, 0.25) is 0 Å². The van der Waals surface area contributed by atoms with Crippen molar-refractivity contribution in [1.29, 1.82) is 0 Å². The number of halogens is 6. The molecule has 0 radical (unpaired) electrons. The molecule has 4 nitrogen and oxygen atoms in total. The summed E-state index contributed by atoms with van der Waals surface area (Å²) in [5, 5.41) is 0. The van der Waals surface area contributed by atoms with Gasteiger partial charge in [-0.1, -0.05) is 40.7 Å². The van der Waals surface area contributed by atoms with Gasteiger partial charge < -0.3 is 9.47 Å². The lowest BCUT2D eigenvalue weighted by molar-refractivity contribution is -0.143. The first-order valence-corrected chi connectivity index (χ1v) is 14.3. The summed E-state index contributed by atoms with van der Waals surface area (Å²) < 4.78 is 92.4. The van der Waals surface area contributed by atoms with Gasteiger partial charge in [0.25, 0.3) is 0 Å². The van der Waals surface area contributed by atoms with E-state index >= 15 is 0 Å². The van der Waals surface area contributed by atoms with Crippen LogP contribution in [0.5, 0.6) is 5.75 Å². The van der Waals surface area contributed by atoms with E-state index in [-0.39, 0.29) is 29.0 Å². The third kappa shape index (κ3) is 7.50. The second-order valence-electron chi connectivity index (χ2n) is 13.7. The Bertz CT molecular complexity index is 1370. The minimum Gasteiger partial charge on any atom is -0.496 e. The molecule has 43 heavy (non-hydrogen) atoms. The van der Waals surface area contributed by atoms with Gasteiger partial charge in [-0.3, -0.25) is 4.90 Å². The number of methoxy groups -OCH3 is 1. The van der Waals surface area contributed by atoms with Crippen molar-refractivity contribution < 1.29 is 40.6 Å². The van der Waals surface area contributed by atoms with Crippen LogP contribution < -0.4 is 4.74 Å². The van der Waals surface area contributed by atoms with Gasteiger partial charge in [0, 0.05) is 12.1 Å². The molecule has 0 bridgehead atoms. The Morgan fingerprint density at radius 3 is 2.12 bits per heavy atom. The van der Waals surface area contributed by atoms with Gasteiger partial charge >= 0.3 is 18.4 Å². The van der Waals surface area contributed by atoms with Crippen LogP contribution in [-0.2, 0) is 23.5 Å². The van der Waals surface area contributed by atoms with Gasteiger partial charge in [0.2, 0.25) is 0 Å². The molecule has 236 valence electrons. The van der Waals surface area contributed by atoms with Gasteiger partial charge in [0.1, 0.15) is 11.9 Å². The molecule has 1 amide bonds. The summed E-state index contributed by atoms with van der Waals surface area (Å²) in [6.45, 7) is 12.4. The number of cyclic esters (lactones) is 1. The monoisotopic (exact) mass is 611 g/mol. The Balaban J connectivity index is 1.74. The highest BCUT2D eigenvalue weighted by Gasteiger charge is 2.44. The molecule has 1 fully saturated rings. The number of hydrogen-bond acceptors (Lipinski definition) is 3. The number of rotatable bonds is 6. The van der Waals surface area contributed by atoms with E-state index in [4.69, 9.17) is 9.47 Å². The largest absolute Gasteiger partial charge is 0.496 e. The Morgan fingerprint density at radius 2 is 1.58 bits per heavy atom. The number of hydrogen-bond donors (Lipinski definition) is 0. The summed E-state index contributed by atoms with van der Waals surface area (Å²) in [5.74, 6) is 0.698. The third-order valence-corrected chi connectivity index (χ3v) is 8.19. The smallest absolute Gasteiger partial charge is 0.416 e. The zero-order chi connectivity index (χ0) is 32.1. The van der Waals surface area contributed by atoms with Gasteiger partial charge in [-0.2, -0.15) is 26.3 Å². The molecule has 2 aromatic carbocycles. The van der Waals surface area contributed by atoms with Crippen LogP contribution in [0.4, 0.5) is 31.1 Å². The molecule has 2 atom stereocenters. The zero-order valence-electron chi connectivity index (χ0n) is 25.6. The van der Waals surface area contributed by atoms with Gasteiger partial charge in [0.05, 0.1) is 24.3 Å². The second kappa shape index (κ2) is 11.4. The molecule has 1 aliphatic heterocycles. The van der Waals surface area contributed by atoms with E-state index in [1.165, 1.54) is 4.90 Å². The van der Waals surface area contributed by atoms with Crippen LogP contribution in [0.1, 0.15) is 94.7 Å². The summed E-state index contributed by atoms with van der Waals surface area (Å²) in [6, 6.07) is 6.62. The molecule has 1 saturated heterocycles. The van der Waals surface area contributed by atoms with Crippen molar-refractivity contribution in [2.45, 2.75) is 91.7 Å². The van der Waals surface area contributed by atoms with Crippen LogP contribution in [0.25, 0.3) is 5.57 Å². The molecule has 0 N–H and O–H groups in total. The summed E-state index contributed by atoms with van der Waals surface area (Å²) in [6.07, 6.45) is -8.99. The van der Waals surface area contributed by atoms with Crippen molar-refractivity contribution in [3.63, 3.8) is 0 Å². The molecule has 2 aliphatic rings. The third-order valence-electron chi connectivity index (χ3n) is 8.19. The Morgan fingerprint density at radius 1 is 0.977 bits per heavy atom. The number of carbonyl (C=O) groups is 1. The standard InChI is InChI=1S/C33H39F6NO3/c1-19-28(21-13-23(32(34,35)36)15-24(14-21)33(37,38)39)43-29(41)40(19)18-22-17-31(5,6)11-10-25(22)26-12-20(16-30(2,3)4)8-9-27(26)42-7/h8-9,12-15,19,28H,10-11,16-18H2,1-7H3. The highest BCUT2D eigenvalue weighted by Crippen LogP contribution is 2.47. The molecular formula is C33H39F6NO3. The maximum Gasteiger partial charge on any atom is 0.416 e. The van der Waals surface area contributed by atoms with Crippen LogP contribution in [0.15, 0.2) is 42.0 Å². The molecule has 1 aliphatic carbocycles. The van der Waals surface area contributed by atoms with Crippen molar-refractivity contribution in [3.05, 3.63) is 69.8 Å². The van der Waals surface area contributed by atoms with Gasteiger partial charge in [-0.05, 0) is 96.0 Å². The molecule has 0 aromatic heterocycles. The summed E-state index contributed by atoms with van der Waals surface area (Å²) in [7, 11) is 1.60. The number of benzene rings is 2. The lowest BCUT2D eigenvalue weighted by atomic mass is 9.72. The van der Waals surface area contributed by atoms with Gasteiger partial charge in [-0.15, -0.1) is 0 Å². The SMILES string of the molecule is COc1ccc(CC(C)(C)C)cc1C1=C(CN2C(=O)OC(c3cc(C(F)(F)F)cc(C(F)(F)F)c3)C2C)CC(C)(C)CC1. The molecule has 4 rings (SSSR count). The lowest BCUT2D eigenvalue weighted by Crippen LogP contribution is -2.35. The van der Waals surface area contributed by atoms with Crippen molar-refractivity contribution in [3.8, 4) is 5.75 Å². The van der Waals surface area contributed by atoms with Crippen LogP contribution in [0, 0.1) is 10.8 Å². The Labute approximate surface area is 249 Å². The van der Waals surface area contributed by atoms with Crippen molar-refractivity contribution in [2.75, 3.05) is 13.7 Å². The average molecular weight is 612 g/mol. The van der Waals surface area contributed by atoms with Crippen LogP contribution in [0.3, 0.4) is 0 Å². The number of allylic oxidation sites excluding steroid dienone is 1. The van der Waals surface area contributed by atoms with Crippen LogP contribution >= 0.6 is 0 Å². The molecular weight excluding hydrogens is 572 g/mol. The maximum atomic E-state index is 13.5. The Kier molecular flexibility index (Phi) is 8.68. The van der Waals surface area contributed by atoms with E-state index in [0.717, 1.165) is 41.5 Å². The van der Waals surface area contributed by atoms with Crippen LogP contribution in [-0.4, -0.2) is 30.7 Å². The zero-order valence-corrected chi connectivity index (χ0v) is 25.6. The fourth-order valence-electron chi connectivity index (χ4n) is 6.11. The van der Waals surface area contributed by atoms with Gasteiger partial charge in [-0.25, -0.2) is 4.79 Å². The molecule has 0 saturated carbocycles. The fraction of sp³-hybridized carbons (Fsp3) is 0.545. The second-order valence-corrected chi connectivity index (χ2v) is 13.7. The Hall–Kier alpha value is -3.17. The first-order chi connectivity index (χ1) is 19.7. The molecule has 2 aromatic rings. The molecule has 0 spiro atoms. The number of ether oxygens (including phenoxy) is 2. The fourth-order valence-corrected chi connectivity index (χ4v) is 6.11. The van der Waals surface area contributed by atoms with E-state index < -0.39 is 41.7 Å². The maximum absolute atomic E-state index is 13.5.